The summed E-state index contributed by atoms with van der Waals surface area (Å²) in [6.07, 6.45) is 3.64. The summed E-state index contributed by atoms with van der Waals surface area (Å²) in [5.74, 6) is -0.708. The lowest BCUT2D eigenvalue weighted by molar-refractivity contribution is 0.0854. The van der Waals surface area contributed by atoms with E-state index in [0.717, 1.165) is 19.4 Å². The van der Waals surface area contributed by atoms with Crippen LogP contribution in [0.3, 0.4) is 0 Å². The second-order valence-electron chi connectivity index (χ2n) is 5.53. The molecule has 1 aliphatic rings. The van der Waals surface area contributed by atoms with Gasteiger partial charge in [0, 0.05) is 18.8 Å². The largest absolute Gasteiger partial charge is 0.376 e. The average molecular weight is 350 g/mol. The zero-order valence-electron chi connectivity index (χ0n) is 12.9. The Morgan fingerprint density at radius 3 is 2.83 bits per heavy atom. The highest BCUT2D eigenvalue weighted by atomic mass is 35.5. The summed E-state index contributed by atoms with van der Waals surface area (Å²) in [5.41, 5.74) is 1.64. The topological polar surface area (TPSA) is 63.2 Å². The van der Waals surface area contributed by atoms with E-state index in [0.29, 0.717) is 23.6 Å². The summed E-state index contributed by atoms with van der Waals surface area (Å²) >= 11 is 5.74. The van der Waals surface area contributed by atoms with Gasteiger partial charge in [-0.3, -0.25) is 4.79 Å². The van der Waals surface area contributed by atoms with Crippen LogP contribution in [-0.2, 0) is 4.74 Å². The molecule has 0 radical (unpaired) electrons. The summed E-state index contributed by atoms with van der Waals surface area (Å²) in [5, 5.41) is 5.91. The fourth-order valence-corrected chi connectivity index (χ4v) is 2.63. The number of nitrogens with one attached hydrogen (secondary N) is 2. The first-order valence-corrected chi connectivity index (χ1v) is 8.07. The lowest BCUT2D eigenvalue weighted by Gasteiger charge is -2.11. The van der Waals surface area contributed by atoms with E-state index >= 15 is 0 Å². The number of anilines is 2. The van der Waals surface area contributed by atoms with Crippen LogP contribution in [-0.4, -0.2) is 30.1 Å². The number of halogens is 2. The molecule has 1 aliphatic heterocycles. The molecule has 1 aromatic carbocycles. The number of benzene rings is 1. The smallest absolute Gasteiger partial charge is 0.269 e. The van der Waals surface area contributed by atoms with Gasteiger partial charge in [-0.25, -0.2) is 9.37 Å². The molecular weight excluding hydrogens is 333 g/mol. The van der Waals surface area contributed by atoms with Gasteiger partial charge in [0.25, 0.3) is 5.91 Å². The summed E-state index contributed by atoms with van der Waals surface area (Å²) in [4.78, 5) is 16.2. The molecular formula is C17H17ClFN3O2. The Balaban J connectivity index is 1.57. The van der Waals surface area contributed by atoms with Gasteiger partial charge in [0.15, 0.2) is 0 Å². The van der Waals surface area contributed by atoms with Crippen LogP contribution in [0.1, 0.15) is 23.3 Å². The first-order chi connectivity index (χ1) is 11.6. The standard InChI is InChI=1S/C17H17ClFN3O2/c18-14-8-11(3-5-15(14)19)22-12-4-6-16(20-9-12)17(23)21-10-13-2-1-7-24-13/h3-6,8-9,13,22H,1-2,7,10H2,(H,21,23). The molecule has 126 valence electrons. The molecule has 0 saturated carbocycles. The number of rotatable bonds is 5. The van der Waals surface area contributed by atoms with Gasteiger partial charge in [0.2, 0.25) is 0 Å². The predicted molar refractivity (Wildman–Crippen MR) is 90.2 cm³/mol. The highest BCUT2D eigenvalue weighted by Crippen LogP contribution is 2.22. The monoisotopic (exact) mass is 349 g/mol. The van der Waals surface area contributed by atoms with Gasteiger partial charge in [-0.05, 0) is 43.2 Å². The zero-order valence-corrected chi connectivity index (χ0v) is 13.6. The molecule has 1 atom stereocenters. The number of nitrogens with zero attached hydrogens (tertiary/aromatic N) is 1. The second kappa shape index (κ2) is 7.59. The third-order valence-corrected chi connectivity index (χ3v) is 4.01. The van der Waals surface area contributed by atoms with E-state index in [1.54, 1.807) is 18.2 Å². The first-order valence-electron chi connectivity index (χ1n) is 7.70. The maximum Gasteiger partial charge on any atom is 0.269 e. The number of carbonyl (C=O) groups is 1. The van der Waals surface area contributed by atoms with Gasteiger partial charge < -0.3 is 15.4 Å². The molecule has 24 heavy (non-hydrogen) atoms. The quantitative estimate of drug-likeness (QED) is 0.866. The van der Waals surface area contributed by atoms with Crippen LogP contribution in [0.25, 0.3) is 0 Å². The summed E-state index contributed by atoms with van der Waals surface area (Å²) in [7, 11) is 0. The van der Waals surface area contributed by atoms with Crippen molar-refractivity contribution in [3.8, 4) is 0 Å². The van der Waals surface area contributed by atoms with E-state index in [2.05, 4.69) is 15.6 Å². The molecule has 0 spiro atoms. The van der Waals surface area contributed by atoms with E-state index in [9.17, 15) is 9.18 Å². The number of hydrogen-bond donors (Lipinski definition) is 2. The Labute approximate surface area is 144 Å². The Kier molecular flexibility index (Phi) is 5.27. The van der Waals surface area contributed by atoms with Crippen molar-refractivity contribution in [1.29, 1.82) is 0 Å². The number of ether oxygens (including phenoxy) is 1. The summed E-state index contributed by atoms with van der Waals surface area (Å²) in [6, 6.07) is 7.69. The summed E-state index contributed by atoms with van der Waals surface area (Å²) in [6.45, 7) is 1.25. The minimum atomic E-state index is -0.474. The van der Waals surface area contributed by atoms with Gasteiger partial charge in [-0.2, -0.15) is 0 Å². The van der Waals surface area contributed by atoms with Gasteiger partial charge in [-0.15, -0.1) is 0 Å². The van der Waals surface area contributed by atoms with Crippen LogP contribution in [0.2, 0.25) is 5.02 Å². The van der Waals surface area contributed by atoms with E-state index in [1.807, 2.05) is 0 Å². The minimum absolute atomic E-state index is 0.0399. The average Bonchev–Trinajstić information content (AvgIpc) is 3.10. The van der Waals surface area contributed by atoms with Crippen LogP contribution in [0.5, 0.6) is 0 Å². The Morgan fingerprint density at radius 2 is 2.17 bits per heavy atom. The normalized spacial score (nSPS) is 16.8. The predicted octanol–water partition coefficient (Wildman–Crippen LogP) is 3.53. The van der Waals surface area contributed by atoms with Gasteiger partial charge >= 0.3 is 0 Å². The molecule has 2 heterocycles. The van der Waals surface area contributed by atoms with Crippen LogP contribution in [0.15, 0.2) is 36.5 Å². The summed E-state index contributed by atoms with van der Waals surface area (Å²) < 4.78 is 18.6. The number of aromatic nitrogens is 1. The van der Waals surface area contributed by atoms with Crippen LogP contribution < -0.4 is 10.6 Å². The van der Waals surface area contributed by atoms with Crippen molar-refractivity contribution in [1.82, 2.24) is 10.3 Å². The molecule has 2 N–H and O–H groups in total. The molecule has 2 aromatic rings. The van der Waals surface area contributed by atoms with Crippen molar-refractivity contribution in [2.75, 3.05) is 18.5 Å². The van der Waals surface area contributed by atoms with Crippen molar-refractivity contribution in [3.05, 3.63) is 53.1 Å². The van der Waals surface area contributed by atoms with Crippen molar-refractivity contribution in [2.24, 2.45) is 0 Å². The number of pyridine rings is 1. The third kappa shape index (κ3) is 4.21. The minimum Gasteiger partial charge on any atom is -0.376 e. The van der Waals surface area contributed by atoms with Crippen molar-refractivity contribution < 1.29 is 13.9 Å². The van der Waals surface area contributed by atoms with E-state index in [4.69, 9.17) is 16.3 Å². The van der Waals surface area contributed by atoms with Crippen LogP contribution in [0, 0.1) is 5.82 Å². The third-order valence-electron chi connectivity index (χ3n) is 3.72. The first kappa shape index (κ1) is 16.7. The molecule has 0 bridgehead atoms. The zero-order chi connectivity index (χ0) is 16.9. The maximum atomic E-state index is 13.1. The molecule has 5 nitrogen and oxygen atoms in total. The number of amides is 1. The Bertz CT molecular complexity index is 718. The molecule has 1 fully saturated rings. The molecule has 3 rings (SSSR count). The van der Waals surface area contributed by atoms with Crippen LogP contribution >= 0.6 is 11.6 Å². The number of carbonyl (C=O) groups excluding carboxylic acids is 1. The molecule has 1 unspecified atom stereocenters. The highest BCUT2D eigenvalue weighted by molar-refractivity contribution is 6.31. The lowest BCUT2D eigenvalue weighted by Crippen LogP contribution is -2.32. The van der Waals surface area contributed by atoms with Crippen molar-refractivity contribution >= 4 is 28.9 Å². The molecule has 0 aliphatic carbocycles. The van der Waals surface area contributed by atoms with E-state index < -0.39 is 5.82 Å². The fraction of sp³-hybridized carbons (Fsp3) is 0.294. The molecule has 1 amide bonds. The van der Waals surface area contributed by atoms with Gasteiger partial charge in [-0.1, -0.05) is 11.6 Å². The van der Waals surface area contributed by atoms with E-state index in [-0.39, 0.29) is 17.0 Å². The number of hydrogen-bond acceptors (Lipinski definition) is 4. The molecule has 7 heteroatoms. The lowest BCUT2D eigenvalue weighted by atomic mass is 10.2. The SMILES string of the molecule is O=C(NCC1CCCO1)c1ccc(Nc2ccc(F)c(Cl)c2)cn1. The maximum absolute atomic E-state index is 13.1. The fourth-order valence-electron chi connectivity index (χ4n) is 2.45. The van der Waals surface area contributed by atoms with E-state index in [1.165, 1.54) is 18.3 Å². The van der Waals surface area contributed by atoms with Crippen molar-refractivity contribution in [3.63, 3.8) is 0 Å². The Morgan fingerprint density at radius 1 is 1.33 bits per heavy atom. The van der Waals surface area contributed by atoms with Gasteiger partial charge in [0.1, 0.15) is 11.5 Å². The van der Waals surface area contributed by atoms with Crippen LogP contribution in [0.4, 0.5) is 15.8 Å². The van der Waals surface area contributed by atoms with Gasteiger partial charge in [0.05, 0.1) is 23.0 Å². The molecule has 1 aromatic heterocycles. The Hall–Kier alpha value is -2.18. The molecule has 1 saturated heterocycles. The highest BCUT2D eigenvalue weighted by Gasteiger charge is 2.17. The van der Waals surface area contributed by atoms with Crippen molar-refractivity contribution in [2.45, 2.75) is 18.9 Å². The second-order valence-corrected chi connectivity index (χ2v) is 5.94.